The Morgan fingerprint density at radius 3 is 2.55 bits per heavy atom. The third kappa shape index (κ3) is 6.08. The van der Waals surface area contributed by atoms with Gasteiger partial charge in [0, 0.05) is 11.7 Å². The molecule has 1 saturated heterocycles. The van der Waals surface area contributed by atoms with Crippen molar-refractivity contribution in [2.24, 2.45) is 5.92 Å². The molecule has 0 bridgehead atoms. The van der Waals surface area contributed by atoms with Gasteiger partial charge in [0.1, 0.15) is 6.54 Å². The molecule has 1 saturated carbocycles. The van der Waals surface area contributed by atoms with Crippen LogP contribution in [0.1, 0.15) is 36.9 Å². The van der Waals surface area contributed by atoms with Crippen LogP contribution in [0, 0.1) is 11.7 Å². The smallest absolute Gasteiger partial charge is 0.329 e. The topological polar surface area (TPSA) is 105 Å². The lowest BCUT2D eigenvalue weighted by atomic mass is 10.1. The van der Waals surface area contributed by atoms with Gasteiger partial charge in [0.05, 0.1) is 12.4 Å². The molecule has 33 heavy (non-hydrogen) atoms. The SMILES string of the molecule is C[C@@H](NS(=O)(=O)CCc1ccc(N2CC(=O)NC2=O)cc1)c1ccc(F)c(OCC2CC2)c1. The van der Waals surface area contributed by atoms with Crippen LogP contribution < -0.4 is 19.7 Å². The molecule has 2 aromatic rings. The zero-order chi connectivity index (χ0) is 23.6. The highest BCUT2D eigenvalue weighted by Gasteiger charge is 2.28. The minimum absolute atomic E-state index is 0.0366. The van der Waals surface area contributed by atoms with Crippen molar-refractivity contribution in [3.63, 3.8) is 0 Å². The highest BCUT2D eigenvalue weighted by Crippen LogP contribution is 2.31. The van der Waals surface area contributed by atoms with Crippen LogP contribution in [0.25, 0.3) is 0 Å². The summed E-state index contributed by atoms with van der Waals surface area (Å²) in [7, 11) is -3.61. The first-order chi connectivity index (χ1) is 15.7. The molecule has 1 aliphatic heterocycles. The molecule has 0 aromatic heterocycles. The average Bonchev–Trinajstić information content (AvgIpc) is 3.54. The molecule has 2 aromatic carbocycles. The van der Waals surface area contributed by atoms with E-state index in [4.69, 9.17) is 4.74 Å². The highest BCUT2D eigenvalue weighted by atomic mass is 32.2. The van der Waals surface area contributed by atoms with E-state index in [-0.39, 0.29) is 30.4 Å². The number of urea groups is 1. The summed E-state index contributed by atoms with van der Waals surface area (Å²) in [6, 6.07) is 10.2. The van der Waals surface area contributed by atoms with Crippen LogP contribution in [0.5, 0.6) is 5.75 Å². The number of amides is 3. The Morgan fingerprint density at radius 1 is 1.18 bits per heavy atom. The van der Waals surface area contributed by atoms with Crippen molar-refractivity contribution in [1.82, 2.24) is 10.0 Å². The molecule has 2 N–H and O–H groups in total. The maximum atomic E-state index is 14.0. The van der Waals surface area contributed by atoms with E-state index >= 15 is 0 Å². The summed E-state index contributed by atoms with van der Waals surface area (Å²) in [5.74, 6) is -0.343. The molecule has 4 rings (SSSR count). The molecule has 2 fully saturated rings. The van der Waals surface area contributed by atoms with Crippen molar-refractivity contribution in [3.8, 4) is 5.75 Å². The van der Waals surface area contributed by atoms with E-state index in [1.165, 1.54) is 11.0 Å². The number of sulfonamides is 1. The second-order valence-electron chi connectivity index (χ2n) is 8.46. The Bertz CT molecular complexity index is 1150. The van der Waals surface area contributed by atoms with Crippen LogP contribution in [-0.2, 0) is 21.2 Å². The van der Waals surface area contributed by atoms with Gasteiger partial charge < -0.3 is 4.74 Å². The van der Waals surface area contributed by atoms with Crippen LogP contribution >= 0.6 is 0 Å². The van der Waals surface area contributed by atoms with Crippen molar-refractivity contribution in [1.29, 1.82) is 0 Å². The largest absolute Gasteiger partial charge is 0.490 e. The fourth-order valence-electron chi connectivity index (χ4n) is 3.53. The maximum Gasteiger partial charge on any atom is 0.329 e. The molecule has 176 valence electrons. The summed E-state index contributed by atoms with van der Waals surface area (Å²) >= 11 is 0. The highest BCUT2D eigenvalue weighted by molar-refractivity contribution is 7.89. The number of nitrogens with one attached hydrogen (secondary N) is 2. The number of carbonyl (C=O) groups is 2. The molecule has 2 aliphatic rings. The first-order valence-corrected chi connectivity index (χ1v) is 12.5. The van der Waals surface area contributed by atoms with E-state index in [1.807, 2.05) is 0 Å². The summed E-state index contributed by atoms with van der Waals surface area (Å²) in [5, 5.41) is 2.21. The predicted molar refractivity (Wildman–Crippen MR) is 121 cm³/mol. The van der Waals surface area contributed by atoms with Gasteiger partial charge in [-0.3, -0.25) is 15.0 Å². The van der Waals surface area contributed by atoms with Crippen LogP contribution in [0.3, 0.4) is 0 Å². The maximum absolute atomic E-state index is 14.0. The lowest BCUT2D eigenvalue weighted by Gasteiger charge is -2.17. The summed E-state index contributed by atoms with van der Waals surface area (Å²) in [4.78, 5) is 24.4. The number of aryl methyl sites for hydroxylation is 1. The van der Waals surface area contributed by atoms with Gasteiger partial charge in [-0.25, -0.2) is 22.3 Å². The number of imide groups is 1. The quantitative estimate of drug-likeness (QED) is 0.514. The molecule has 0 spiro atoms. The molecule has 1 atom stereocenters. The van der Waals surface area contributed by atoms with Crippen LogP contribution in [0.15, 0.2) is 42.5 Å². The monoisotopic (exact) mass is 475 g/mol. The van der Waals surface area contributed by atoms with E-state index in [0.29, 0.717) is 23.8 Å². The van der Waals surface area contributed by atoms with E-state index < -0.39 is 27.9 Å². The molecule has 3 amide bonds. The van der Waals surface area contributed by atoms with E-state index in [1.54, 1.807) is 43.3 Å². The van der Waals surface area contributed by atoms with Crippen LogP contribution in [-0.4, -0.2) is 39.3 Å². The number of benzene rings is 2. The Kier molecular flexibility index (Phi) is 6.66. The zero-order valence-corrected chi connectivity index (χ0v) is 19.0. The van der Waals surface area contributed by atoms with E-state index in [9.17, 15) is 22.4 Å². The summed E-state index contributed by atoms with van der Waals surface area (Å²) < 4.78 is 47.4. The van der Waals surface area contributed by atoms with Crippen molar-refractivity contribution >= 4 is 27.6 Å². The normalized spacial score (nSPS) is 17.2. The van der Waals surface area contributed by atoms with Gasteiger partial charge in [-0.1, -0.05) is 18.2 Å². The fraction of sp³-hybridized carbons (Fsp3) is 0.391. The number of nitrogens with zero attached hydrogens (tertiary/aromatic N) is 1. The minimum atomic E-state index is -3.61. The van der Waals surface area contributed by atoms with Gasteiger partial charge in [-0.15, -0.1) is 0 Å². The molecule has 8 nitrogen and oxygen atoms in total. The Hall–Kier alpha value is -2.98. The third-order valence-corrected chi connectivity index (χ3v) is 7.14. The number of hydrogen-bond acceptors (Lipinski definition) is 5. The second-order valence-corrected chi connectivity index (χ2v) is 10.3. The number of halogens is 1. The van der Waals surface area contributed by atoms with Gasteiger partial charge >= 0.3 is 6.03 Å². The second kappa shape index (κ2) is 9.48. The minimum Gasteiger partial charge on any atom is -0.490 e. The molecule has 0 unspecified atom stereocenters. The van der Waals surface area contributed by atoms with Gasteiger partial charge in [0.2, 0.25) is 15.9 Å². The van der Waals surface area contributed by atoms with E-state index in [0.717, 1.165) is 18.4 Å². The zero-order valence-electron chi connectivity index (χ0n) is 18.2. The first kappa shape index (κ1) is 23.2. The number of rotatable bonds is 10. The van der Waals surface area contributed by atoms with E-state index in [2.05, 4.69) is 10.0 Å². The predicted octanol–water partition coefficient (Wildman–Crippen LogP) is 2.89. The van der Waals surface area contributed by atoms with Crippen molar-refractivity contribution in [2.45, 2.75) is 32.2 Å². The van der Waals surface area contributed by atoms with Gasteiger partial charge in [-0.2, -0.15) is 0 Å². The van der Waals surface area contributed by atoms with Crippen LogP contribution in [0.2, 0.25) is 0 Å². The lowest BCUT2D eigenvalue weighted by molar-refractivity contribution is -0.117. The summed E-state index contributed by atoms with van der Waals surface area (Å²) in [6.45, 7) is 2.13. The standard InChI is InChI=1S/C23H26FN3O5S/c1-15(18-6-9-20(24)21(12-18)32-14-17-2-3-17)26-33(30,31)11-10-16-4-7-19(8-5-16)27-13-22(28)25-23(27)29/h4-9,12,15,17,26H,2-3,10-11,13-14H2,1H3,(H,25,28,29)/t15-/m1/s1. The Labute approximate surface area is 192 Å². The molecular weight excluding hydrogens is 449 g/mol. The van der Waals surface area contributed by atoms with Gasteiger partial charge in [0.15, 0.2) is 11.6 Å². The van der Waals surface area contributed by atoms with Gasteiger partial charge in [0.25, 0.3) is 0 Å². The number of ether oxygens (including phenoxy) is 1. The Morgan fingerprint density at radius 2 is 1.91 bits per heavy atom. The molecule has 1 aliphatic carbocycles. The van der Waals surface area contributed by atoms with Crippen molar-refractivity contribution in [2.75, 3.05) is 23.8 Å². The summed E-state index contributed by atoms with van der Waals surface area (Å²) in [6.07, 6.45) is 2.45. The molecule has 1 heterocycles. The number of carbonyl (C=O) groups excluding carboxylic acids is 2. The Balaban J connectivity index is 1.33. The van der Waals surface area contributed by atoms with Gasteiger partial charge in [-0.05, 0) is 67.5 Å². The summed E-state index contributed by atoms with van der Waals surface area (Å²) in [5.41, 5.74) is 1.96. The third-order valence-electron chi connectivity index (χ3n) is 5.68. The number of hydrogen-bond donors (Lipinski definition) is 2. The average molecular weight is 476 g/mol. The van der Waals surface area contributed by atoms with Crippen molar-refractivity contribution < 1.29 is 27.1 Å². The molecule has 0 radical (unpaired) electrons. The van der Waals surface area contributed by atoms with Crippen molar-refractivity contribution in [3.05, 3.63) is 59.4 Å². The molecular formula is C23H26FN3O5S. The first-order valence-electron chi connectivity index (χ1n) is 10.8. The van der Waals surface area contributed by atoms with Crippen LogP contribution in [0.4, 0.5) is 14.9 Å². The molecule has 10 heteroatoms. The number of anilines is 1. The fourth-order valence-corrected chi connectivity index (χ4v) is 4.83. The lowest BCUT2D eigenvalue weighted by Crippen LogP contribution is -2.30.